The second-order valence-electron chi connectivity index (χ2n) is 1.62. The summed E-state index contributed by atoms with van der Waals surface area (Å²) in [7, 11) is 0. The number of aromatic amines is 1. The molecule has 0 radical (unpaired) electrons. The molecule has 0 saturated heterocycles. The minimum Gasteiger partial charge on any atom is -0.177 e. The van der Waals surface area contributed by atoms with Crippen LogP contribution in [0.2, 0.25) is 0 Å². The fourth-order valence-electron chi connectivity index (χ4n) is 0.513. The average molecular weight is 238 g/mol. The molecule has 50 valence electrons. The Balaban J connectivity index is 2.30. The Morgan fingerprint density at radius 1 is 1.56 bits per heavy atom. The maximum Gasteiger partial charge on any atom is 0.174 e. The first kappa shape index (κ1) is 6.91. The highest BCUT2D eigenvalue weighted by Gasteiger charge is 1.94. The minimum atomic E-state index is 0.812. The molecular weight excluding hydrogens is 231 g/mol. The van der Waals surface area contributed by atoms with Crippen molar-refractivity contribution in [2.45, 2.75) is 12.8 Å². The molecule has 0 aliphatic carbocycles. The van der Waals surface area contributed by atoms with Crippen molar-refractivity contribution >= 4 is 22.6 Å². The van der Waals surface area contributed by atoms with E-state index in [4.69, 9.17) is 0 Å². The Hall–Kier alpha value is -0.200. The summed E-state index contributed by atoms with van der Waals surface area (Å²) < 4.78 is 1.15. The topological polar surface area (TPSA) is 54.5 Å². The molecule has 0 atom stereocenters. The molecule has 0 fully saturated rings. The van der Waals surface area contributed by atoms with Crippen LogP contribution in [0.4, 0.5) is 0 Å². The lowest BCUT2D eigenvalue weighted by Crippen LogP contribution is -1.88. The van der Waals surface area contributed by atoms with E-state index in [2.05, 4.69) is 43.2 Å². The molecule has 1 aromatic heterocycles. The summed E-state index contributed by atoms with van der Waals surface area (Å²) in [5.41, 5.74) is 0. The summed E-state index contributed by atoms with van der Waals surface area (Å²) in [6, 6.07) is 0. The second-order valence-corrected chi connectivity index (χ2v) is 2.70. The number of rotatable bonds is 3. The zero-order valence-corrected chi connectivity index (χ0v) is 7.00. The summed E-state index contributed by atoms with van der Waals surface area (Å²) in [5, 5.41) is 13.4. The smallest absolute Gasteiger partial charge is 0.174 e. The number of halogens is 1. The first-order chi connectivity index (χ1) is 4.43. The summed E-state index contributed by atoms with van der Waals surface area (Å²) in [4.78, 5) is 0. The molecule has 0 saturated carbocycles. The maximum absolute atomic E-state index is 3.80. The van der Waals surface area contributed by atoms with Gasteiger partial charge in [-0.2, -0.15) is 5.21 Å². The van der Waals surface area contributed by atoms with Crippen LogP contribution in [0.5, 0.6) is 0 Å². The number of nitrogens with one attached hydrogen (secondary N) is 1. The van der Waals surface area contributed by atoms with E-state index < -0.39 is 0 Å². The molecule has 4 nitrogen and oxygen atoms in total. The Morgan fingerprint density at radius 3 is 3.00 bits per heavy atom. The number of aromatic nitrogens is 4. The van der Waals surface area contributed by atoms with Crippen molar-refractivity contribution in [3.63, 3.8) is 0 Å². The van der Waals surface area contributed by atoms with Gasteiger partial charge in [0.2, 0.25) is 0 Å². The van der Waals surface area contributed by atoms with Gasteiger partial charge in [0, 0.05) is 6.42 Å². The molecule has 0 bridgehead atoms. The Bertz CT molecular complexity index is 150. The second kappa shape index (κ2) is 3.76. The molecule has 0 spiro atoms. The van der Waals surface area contributed by atoms with Crippen molar-refractivity contribution in [1.82, 2.24) is 20.6 Å². The highest BCUT2D eigenvalue weighted by Crippen LogP contribution is 1.94. The monoisotopic (exact) mass is 238 g/mol. The first-order valence-electron chi connectivity index (χ1n) is 2.72. The molecule has 0 aromatic carbocycles. The molecule has 5 heteroatoms. The van der Waals surface area contributed by atoms with Crippen LogP contribution >= 0.6 is 22.6 Å². The lowest BCUT2D eigenvalue weighted by molar-refractivity contribution is 0.854. The number of tetrazole rings is 1. The fourth-order valence-corrected chi connectivity index (χ4v) is 0.895. The third kappa shape index (κ3) is 2.25. The van der Waals surface area contributed by atoms with E-state index >= 15 is 0 Å². The standard InChI is InChI=1S/C4H7IN4/c5-3-1-2-4-6-8-9-7-4/h1-3H2,(H,6,7,8,9). The third-order valence-electron chi connectivity index (χ3n) is 0.923. The molecule has 0 aliphatic heterocycles. The Kier molecular flexibility index (Phi) is 2.88. The van der Waals surface area contributed by atoms with Gasteiger partial charge in [-0.15, -0.1) is 10.2 Å². The average Bonchev–Trinajstić information content (AvgIpc) is 2.34. The summed E-state index contributed by atoms with van der Waals surface area (Å²) >= 11 is 2.33. The van der Waals surface area contributed by atoms with Crippen molar-refractivity contribution in [2.24, 2.45) is 0 Å². The van der Waals surface area contributed by atoms with Crippen molar-refractivity contribution < 1.29 is 0 Å². The lowest BCUT2D eigenvalue weighted by atomic mass is 10.3. The molecular formula is C4H7IN4. The van der Waals surface area contributed by atoms with Crippen LogP contribution in [0.25, 0.3) is 0 Å². The largest absolute Gasteiger partial charge is 0.177 e. The quantitative estimate of drug-likeness (QED) is 0.618. The number of hydrogen-bond donors (Lipinski definition) is 1. The predicted octanol–water partition coefficient (Wildman–Crippen LogP) is 0.567. The predicted molar refractivity (Wildman–Crippen MR) is 41.4 cm³/mol. The Labute approximate surface area is 66.6 Å². The molecule has 9 heavy (non-hydrogen) atoms. The van der Waals surface area contributed by atoms with Gasteiger partial charge >= 0.3 is 0 Å². The van der Waals surface area contributed by atoms with E-state index in [-0.39, 0.29) is 0 Å². The minimum absolute atomic E-state index is 0.812. The number of aryl methyl sites for hydroxylation is 1. The normalized spacial score (nSPS) is 9.89. The zero-order valence-electron chi connectivity index (χ0n) is 4.84. The van der Waals surface area contributed by atoms with Gasteiger partial charge in [0.25, 0.3) is 0 Å². The van der Waals surface area contributed by atoms with E-state index in [0.29, 0.717) is 0 Å². The van der Waals surface area contributed by atoms with Crippen molar-refractivity contribution in [3.05, 3.63) is 5.82 Å². The van der Waals surface area contributed by atoms with Gasteiger partial charge in [0.15, 0.2) is 5.82 Å². The van der Waals surface area contributed by atoms with Gasteiger partial charge in [-0.25, -0.2) is 0 Å². The third-order valence-corrected chi connectivity index (χ3v) is 1.69. The van der Waals surface area contributed by atoms with Gasteiger partial charge < -0.3 is 0 Å². The van der Waals surface area contributed by atoms with Crippen LogP contribution in [-0.4, -0.2) is 25.1 Å². The number of hydrogen-bond acceptors (Lipinski definition) is 3. The molecule has 0 aliphatic rings. The van der Waals surface area contributed by atoms with E-state index in [9.17, 15) is 0 Å². The van der Waals surface area contributed by atoms with Crippen molar-refractivity contribution in [1.29, 1.82) is 0 Å². The van der Waals surface area contributed by atoms with Gasteiger partial charge in [-0.05, 0) is 10.8 Å². The van der Waals surface area contributed by atoms with Crippen molar-refractivity contribution in [2.75, 3.05) is 4.43 Å². The number of H-pyrrole nitrogens is 1. The lowest BCUT2D eigenvalue weighted by Gasteiger charge is -1.85. The number of alkyl halides is 1. The SMILES string of the molecule is ICCCc1nn[nH]n1. The van der Waals surface area contributed by atoms with E-state index in [1.807, 2.05) is 0 Å². The van der Waals surface area contributed by atoms with Gasteiger partial charge in [0.1, 0.15) is 0 Å². The Morgan fingerprint density at radius 2 is 2.44 bits per heavy atom. The van der Waals surface area contributed by atoms with Gasteiger partial charge in [-0.3, -0.25) is 0 Å². The summed E-state index contributed by atoms with van der Waals surface area (Å²) in [5.74, 6) is 0.812. The van der Waals surface area contributed by atoms with E-state index in [1.165, 1.54) is 0 Å². The zero-order chi connectivity index (χ0) is 6.53. The van der Waals surface area contributed by atoms with Gasteiger partial charge in [0.05, 0.1) is 0 Å². The van der Waals surface area contributed by atoms with Crippen LogP contribution in [0, 0.1) is 0 Å². The van der Waals surface area contributed by atoms with E-state index in [0.717, 1.165) is 23.1 Å². The van der Waals surface area contributed by atoms with Crippen LogP contribution in [0.15, 0.2) is 0 Å². The fraction of sp³-hybridized carbons (Fsp3) is 0.750. The molecule has 1 N–H and O–H groups in total. The molecule has 1 rings (SSSR count). The van der Waals surface area contributed by atoms with Gasteiger partial charge in [-0.1, -0.05) is 27.8 Å². The molecule has 1 heterocycles. The first-order valence-corrected chi connectivity index (χ1v) is 4.24. The summed E-state index contributed by atoms with van der Waals surface area (Å²) in [6.45, 7) is 0. The highest BCUT2D eigenvalue weighted by molar-refractivity contribution is 14.1. The highest BCUT2D eigenvalue weighted by atomic mass is 127. The van der Waals surface area contributed by atoms with Crippen molar-refractivity contribution in [3.8, 4) is 0 Å². The van der Waals surface area contributed by atoms with Crippen LogP contribution in [0.3, 0.4) is 0 Å². The van der Waals surface area contributed by atoms with Crippen LogP contribution < -0.4 is 0 Å². The number of nitrogens with zero attached hydrogens (tertiary/aromatic N) is 3. The molecule has 1 aromatic rings. The maximum atomic E-state index is 3.80. The van der Waals surface area contributed by atoms with Crippen LogP contribution in [0.1, 0.15) is 12.2 Å². The summed E-state index contributed by atoms with van der Waals surface area (Å²) in [6.07, 6.45) is 2.06. The van der Waals surface area contributed by atoms with E-state index in [1.54, 1.807) is 0 Å². The van der Waals surface area contributed by atoms with Crippen LogP contribution in [-0.2, 0) is 6.42 Å². The molecule has 0 unspecified atom stereocenters. The molecule has 0 amide bonds.